The van der Waals surface area contributed by atoms with E-state index < -0.39 is 0 Å². The van der Waals surface area contributed by atoms with Crippen LogP contribution in [0.15, 0.2) is 48.5 Å². The monoisotopic (exact) mass is 322 g/mol. The van der Waals surface area contributed by atoms with Gasteiger partial charge in [0.1, 0.15) is 0 Å². The van der Waals surface area contributed by atoms with Crippen LogP contribution in [0.4, 0.5) is 11.4 Å². The van der Waals surface area contributed by atoms with E-state index in [1.165, 1.54) is 12.5 Å². The molecule has 1 heterocycles. The fourth-order valence-electron chi connectivity index (χ4n) is 3.13. The number of nitrogens with zero attached hydrogens (tertiary/aromatic N) is 2. The van der Waals surface area contributed by atoms with Crippen LogP contribution in [-0.4, -0.2) is 24.9 Å². The fourth-order valence-corrected chi connectivity index (χ4v) is 3.13. The first kappa shape index (κ1) is 16.2. The van der Waals surface area contributed by atoms with Crippen LogP contribution in [0, 0.1) is 6.92 Å². The standard InChI is InChI=1S/C20H22N2O2/c1-15-7-9-18(10-8-15)21(16(2)23)14-12-20(24)22-13-11-17-5-3-4-6-19(17)22/h3-10H,11-14H2,1-2H3. The third kappa shape index (κ3) is 3.32. The fraction of sp³-hybridized carbons (Fsp3) is 0.300. The summed E-state index contributed by atoms with van der Waals surface area (Å²) in [5.74, 6) is 0.0202. The van der Waals surface area contributed by atoms with Gasteiger partial charge < -0.3 is 9.80 Å². The quantitative estimate of drug-likeness (QED) is 0.866. The molecule has 0 aromatic heterocycles. The second-order valence-corrected chi connectivity index (χ2v) is 6.18. The Morgan fingerprint density at radius 1 is 1.08 bits per heavy atom. The third-order valence-corrected chi connectivity index (χ3v) is 4.46. The molecule has 0 unspecified atom stereocenters. The summed E-state index contributed by atoms with van der Waals surface area (Å²) in [4.78, 5) is 28.1. The summed E-state index contributed by atoms with van der Waals surface area (Å²) in [5.41, 5.74) is 4.20. The Kier molecular flexibility index (Phi) is 4.65. The van der Waals surface area contributed by atoms with Gasteiger partial charge in [0.2, 0.25) is 11.8 Å². The minimum atomic E-state index is -0.0477. The summed E-state index contributed by atoms with van der Waals surface area (Å²) in [5, 5.41) is 0. The molecule has 4 heteroatoms. The largest absolute Gasteiger partial charge is 0.312 e. The molecule has 0 saturated carbocycles. The summed E-state index contributed by atoms with van der Waals surface area (Å²) in [6.07, 6.45) is 1.22. The number of anilines is 2. The normalized spacial score (nSPS) is 12.8. The minimum absolute atomic E-state index is 0.0477. The molecule has 1 aliphatic heterocycles. The predicted octanol–water partition coefficient (Wildman–Crippen LogP) is 3.33. The molecule has 2 aromatic rings. The first-order valence-electron chi connectivity index (χ1n) is 8.29. The van der Waals surface area contributed by atoms with Crippen molar-refractivity contribution in [2.45, 2.75) is 26.7 Å². The van der Waals surface area contributed by atoms with Crippen molar-refractivity contribution in [2.24, 2.45) is 0 Å². The molecule has 0 bridgehead atoms. The second kappa shape index (κ2) is 6.87. The van der Waals surface area contributed by atoms with E-state index >= 15 is 0 Å². The highest BCUT2D eigenvalue weighted by molar-refractivity contribution is 5.97. The van der Waals surface area contributed by atoms with Crippen LogP contribution < -0.4 is 9.80 Å². The van der Waals surface area contributed by atoms with Gasteiger partial charge in [0, 0.05) is 37.8 Å². The molecule has 0 N–H and O–H groups in total. The average molecular weight is 322 g/mol. The van der Waals surface area contributed by atoms with Gasteiger partial charge in [-0.25, -0.2) is 0 Å². The number of rotatable bonds is 4. The molecule has 0 fully saturated rings. The van der Waals surface area contributed by atoms with E-state index in [-0.39, 0.29) is 11.8 Å². The Morgan fingerprint density at radius 3 is 2.50 bits per heavy atom. The second-order valence-electron chi connectivity index (χ2n) is 6.18. The van der Waals surface area contributed by atoms with Crippen LogP contribution in [0.2, 0.25) is 0 Å². The van der Waals surface area contributed by atoms with E-state index in [1.807, 2.05) is 54.3 Å². The van der Waals surface area contributed by atoms with Gasteiger partial charge in [0.15, 0.2) is 0 Å². The van der Waals surface area contributed by atoms with Gasteiger partial charge in [-0.3, -0.25) is 9.59 Å². The van der Waals surface area contributed by atoms with Crippen molar-refractivity contribution >= 4 is 23.2 Å². The van der Waals surface area contributed by atoms with Gasteiger partial charge in [-0.05, 0) is 37.1 Å². The SMILES string of the molecule is CC(=O)N(CCC(=O)N1CCc2ccccc21)c1ccc(C)cc1. The van der Waals surface area contributed by atoms with Gasteiger partial charge >= 0.3 is 0 Å². The number of hydrogen-bond acceptors (Lipinski definition) is 2. The summed E-state index contributed by atoms with van der Waals surface area (Å²) in [7, 11) is 0. The number of carbonyl (C=O) groups excluding carboxylic acids is 2. The molecular formula is C20H22N2O2. The average Bonchev–Trinajstić information content (AvgIpc) is 3.00. The number of carbonyl (C=O) groups is 2. The van der Waals surface area contributed by atoms with Gasteiger partial charge in [0.05, 0.1) is 0 Å². The Balaban J connectivity index is 1.68. The molecule has 2 aromatic carbocycles. The van der Waals surface area contributed by atoms with Crippen molar-refractivity contribution in [1.29, 1.82) is 0 Å². The lowest BCUT2D eigenvalue weighted by molar-refractivity contribution is -0.118. The maximum atomic E-state index is 12.6. The van der Waals surface area contributed by atoms with Gasteiger partial charge in [-0.1, -0.05) is 35.9 Å². The zero-order chi connectivity index (χ0) is 17.1. The predicted molar refractivity (Wildman–Crippen MR) is 96.3 cm³/mol. The molecule has 0 radical (unpaired) electrons. The van der Waals surface area contributed by atoms with Crippen molar-refractivity contribution in [2.75, 3.05) is 22.9 Å². The van der Waals surface area contributed by atoms with Crippen molar-refractivity contribution in [3.8, 4) is 0 Å². The molecule has 0 spiro atoms. The summed E-state index contributed by atoms with van der Waals surface area (Å²) >= 11 is 0. The third-order valence-electron chi connectivity index (χ3n) is 4.46. The van der Waals surface area contributed by atoms with Crippen molar-refractivity contribution in [3.05, 3.63) is 59.7 Å². The van der Waals surface area contributed by atoms with E-state index in [2.05, 4.69) is 6.07 Å². The van der Waals surface area contributed by atoms with E-state index in [1.54, 1.807) is 4.90 Å². The number of aryl methyl sites for hydroxylation is 1. The lowest BCUT2D eigenvalue weighted by atomic mass is 10.2. The molecule has 24 heavy (non-hydrogen) atoms. The maximum Gasteiger partial charge on any atom is 0.228 e. The Bertz CT molecular complexity index is 752. The molecular weight excluding hydrogens is 300 g/mol. The number of hydrogen-bond donors (Lipinski definition) is 0. The zero-order valence-electron chi connectivity index (χ0n) is 14.2. The smallest absolute Gasteiger partial charge is 0.228 e. The van der Waals surface area contributed by atoms with E-state index in [4.69, 9.17) is 0 Å². The molecule has 3 rings (SSSR count). The zero-order valence-corrected chi connectivity index (χ0v) is 14.2. The summed E-state index contributed by atoms with van der Waals surface area (Å²) in [6, 6.07) is 15.8. The van der Waals surface area contributed by atoms with Gasteiger partial charge in [-0.2, -0.15) is 0 Å². The van der Waals surface area contributed by atoms with Crippen LogP contribution in [-0.2, 0) is 16.0 Å². The molecule has 124 valence electrons. The molecule has 1 aliphatic rings. The minimum Gasteiger partial charge on any atom is -0.312 e. The number of amides is 2. The molecule has 0 aliphatic carbocycles. The van der Waals surface area contributed by atoms with Crippen molar-refractivity contribution in [3.63, 3.8) is 0 Å². The maximum absolute atomic E-state index is 12.6. The molecule has 4 nitrogen and oxygen atoms in total. The van der Waals surface area contributed by atoms with Crippen LogP contribution >= 0.6 is 0 Å². The highest BCUT2D eigenvalue weighted by Gasteiger charge is 2.24. The van der Waals surface area contributed by atoms with Crippen LogP contribution in [0.3, 0.4) is 0 Å². The Hall–Kier alpha value is -2.62. The van der Waals surface area contributed by atoms with E-state index in [9.17, 15) is 9.59 Å². The Morgan fingerprint density at radius 2 is 1.79 bits per heavy atom. The van der Waals surface area contributed by atoms with Gasteiger partial charge in [-0.15, -0.1) is 0 Å². The number of para-hydroxylation sites is 1. The van der Waals surface area contributed by atoms with Crippen molar-refractivity contribution in [1.82, 2.24) is 0 Å². The summed E-state index contributed by atoms with van der Waals surface area (Å²) in [6.45, 7) is 4.67. The van der Waals surface area contributed by atoms with Crippen LogP contribution in [0.5, 0.6) is 0 Å². The van der Waals surface area contributed by atoms with E-state index in [0.29, 0.717) is 13.0 Å². The summed E-state index contributed by atoms with van der Waals surface area (Å²) < 4.78 is 0. The molecule has 0 saturated heterocycles. The lowest BCUT2D eigenvalue weighted by Crippen LogP contribution is -2.35. The van der Waals surface area contributed by atoms with E-state index in [0.717, 1.165) is 29.9 Å². The Labute approximate surface area is 142 Å². The highest BCUT2D eigenvalue weighted by atomic mass is 16.2. The number of benzene rings is 2. The first-order chi connectivity index (χ1) is 11.6. The first-order valence-corrected chi connectivity index (χ1v) is 8.29. The van der Waals surface area contributed by atoms with Crippen LogP contribution in [0.1, 0.15) is 24.5 Å². The molecule has 2 amide bonds. The topological polar surface area (TPSA) is 40.6 Å². The highest BCUT2D eigenvalue weighted by Crippen LogP contribution is 2.28. The van der Waals surface area contributed by atoms with Crippen molar-refractivity contribution < 1.29 is 9.59 Å². The van der Waals surface area contributed by atoms with Gasteiger partial charge in [0.25, 0.3) is 0 Å². The van der Waals surface area contributed by atoms with Crippen LogP contribution in [0.25, 0.3) is 0 Å². The lowest BCUT2D eigenvalue weighted by Gasteiger charge is -2.23. The number of fused-ring (bicyclic) bond motifs is 1. The molecule has 0 atom stereocenters.